The maximum atomic E-state index is 13.5. The van der Waals surface area contributed by atoms with Gasteiger partial charge in [0.1, 0.15) is 6.10 Å². The van der Waals surface area contributed by atoms with Crippen molar-refractivity contribution in [3.8, 4) is 0 Å². The largest absolute Gasteiger partial charge is 0.483 e. The van der Waals surface area contributed by atoms with Gasteiger partial charge in [0.15, 0.2) is 11.5 Å². The lowest BCUT2D eigenvalue weighted by Gasteiger charge is -2.37. The van der Waals surface area contributed by atoms with Gasteiger partial charge in [0.05, 0.1) is 30.2 Å². The SMILES string of the molecule is COC(=O)c1ccc(C2C3=C(OC4CCC(Cl)CC4C3=O)C(=O)N2CCCO)cc1. The van der Waals surface area contributed by atoms with Gasteiger partial charge in [-0.05, 0) is 43.4 Å². The summed E-state index contributed by atoms with van der Waals surface area (Å²) in [7, 11) is 1.31. The van der Waals surface area contributed by atoms with Crippen molar-refractivity contribution in [1.29, 1.82) is 0 Å². The first-order valence-electron chi connectivity index (χ1n) is 10.2. The van der Waals surface area contributed by atoms with E-state index < -0.39 is 12.0 Å². The van der Waals surface area contributed by atoms with Crippen LogP contribution in [-0.2, 0) is 19.1 Å². The van der Waals surface area contributed by atoms with Crippen LogP contribution in [-0.4, -0.2) is 59.4 Å². The molecular weight excluding hydrogens is 410 g/mol. The van der Waals surface area contributed by atoms with Gasteiger partial charge in [-0.2, -0.15) is 0 Å². The van der Waals surface area contributed by atoms with Gasteiger partial charge in [-0.1, -0.05) is 12.1 Å². The highest BCUT2D eigenvalue weighted by Gasteiger charge is 2.52. The van der Waals surface area contributed by atoms with Gasteiger partial charge < -0.3 is 19.5 Å². The lowest BCUT2D eigenvalue weighted by Crippen LogP contribution is -2.41. The minimum atomic E-state index is -0.616. The summed E-state index contributed by atoms with van der Waals surface area (Å²) in [5.74, 6) is -1.12. The summed E-state index contributed by atoms with van der Waals surface area (Å²) >= 11 is 6.31. The second-order valence-electron chi connectivity index (χ2n) is 7.87. The Bertz CT molecular complexity index is 895. The number of hydrogen-bond acceptors (Lipinski definition) is 6. The highest BCUT2D eigenvalue weighted by atomic mass is 35.5. The highest BCUT2D eigenvalue weighted by Crippen LogP contribution is 2.47. The maximum Gasteiger partial charge on any atom is 0.337 e. The zero-order valence-electron chi connectivity index (χ0n) is 16.7. The van der Waals surface area contributed by atoms with Crippen molar-refractivity contribution in [3.05, 3.63) is 46.7 Å². The third-order valence-electron chi connectivity index (χ3n) is 6.08. The third kappa shape index (κ3) is 3.50. The molecule has 2 aliphatic heterocycles. The molecule has 2 heterocycles. The van der Waals surface area contributed by atoms with E-state index in [1.807, 2.05) is 0 Å². The molecular formula is C22H24ClNO6. The van der Waals surface area contributed by atoms with Crippen LogP contribution in [0.4, 0.5) is 0 Å². The average molecular weight is 434 g/mol. The average Bonchev–Trinajstić information content (AvgIpc) is 3.04. The molecule has 160 valence electrons. The molecule has 0 aromatic heterocycles. The van der Waals surface area contributed by atoms with Gasteiger partial charge in [-0.3, -0.25) is 9.59 Å². The van der Waals surface area contributed by atoms with Crippen molar-refractivity contribution in [3.63, 3.8) is 0 Å². The number of ether oxygens (including phenoxy) is 2. The molecule has 1 saturated carbocycles. The molecule has 8 heteroatoms. The molecule has 0 radical (unpaired) electrons. The van der Waals surface area contributed by atoms with E-state index in [0.717, 1.165) is 6.42 Å². The number of nitrogens with zero attached hydrogens (tertiary/aromatic N) is 1. The first kappa shape index (κ1) is 20.9. The molecule has 1 aliphatic carbocycles. The summed E-state index contributed by atoms with van der Waals surface area (Å²) in [6.45, 7) is 0.215. The molecule has 4 atom stereocenters. The molecule has 1 aromatic carbocycles. The van der Waals surface area contributed by atoms with Gasteiger partial charge in [-0.25, -0.2) is 4.79 Å². The Morgan fingerprint density at radius 3 is 2.67 bits per heavy atom. The Hall–Kier alpha value is -2.38. The number of ketones is 1. The van der Waals surface area contributed by atoms with E-state index in [2.05, 4.69) is 0 Å². The van der Waals surface area contributed by atoms with E-state index >= 15 is 0 Å². The number of carbonyl (C=O) groups excluding carboxylic acids is 3. The van der Waals surface area contributed by atoms with Crippen LogP contribution in [0.3, 0.4) is 0 Å². The first-order valence-corrected chi connectivity index (χ1v) is 10.6. The van der Waals surface area contributed by atoms with Crippen LogP contribution < -0.4 is 0 Å². The Kier molecular flexibility index (Phi) is 5.84. The number of hydrogen-bond donors (Lipinski definition) is 1. The Morgan fingerprint density at radius 2 is 2.00 bits per heavy atom. The number of amides is 1. The fourth-order valence-corrected chi connectivity index (χ4v) is 4.92. The van der Waals surface area contributed by atoms with Crippen LogP contribution in [0, 0.1) is 5.92 Å². The van der Waals surface area contributed by atoms with Gasteiger partial charge in [0.25, 0.3) is 5.91 Å². The molecule has 1 aromatic rings. The number of alkyl halides is 1. The Balaban J connectivity index is 1.73. The summed E-state index contributed by atoms with van der Waals surface area (Å²) in [5, 5.41) is 9.20. The Labute approximate surface area is 179 Å². The van der Waals surface area contributed by atoms with Crippen molar-refractivity contribution >= 4 is 29.3 Å². The molecule has 0 spiro atoms. The third-order valence-corrected chi connectivity index (χ3v) is 6.48. The molecule has 30 heavy (non-hydrogen) atoms. The zero-order chi connectivity index (χ0) is 21.4. The van der Waals surface area contributed by atoms with Gasteiger partial charge in [-0.15, -0.1) is 11.6 Å². The fraction of sp³-hybridized carbons (Fsp3) is 0.500. The van der Waals surface area contributed by atoms with Crippen molar-refractivity contribution < 1.29 is 29.0 Å². The lowest BCUT2D eigenvalue weighted by molar-refractivity contribution is -0.135. The number of rotatable bonds is 5. The first-order chi connectivity index (χ1) is 14.5. The van der Waals surface area contributed by atoms with Crippen molar-refractivity contribution in [2.45, 2.75) is 43.2 Å². The van der Waals surface area contributed by atoms with E-state index in [4.69, 9.17) is 21.1 Å². The second-order valence-corrected chi connectivity index (χ2v) is 8.49. The number of Topliss-reactive ketones (excluding diaryl/α,β-unsaturated/α-hetero) is 1. The molecule has 4 unspecified atom stereocenters. The molecule has 0 bridgehead atoms. The zero-order valence-corrected chi connectivity index (χ0v) is 17.4. The van der Waals surface area contributed by atoms with E-state index in [1.165, 1.54) is 7.11 Å². The minimum absolute atomic E-state index is 0.0730. The highest BCUT2D eigenvalue weighted by molar-refractivity contribution is 6.21. The number of aliphatic hydroxyl groups is 1. The molecule has 4 rings (SSSR count). The number of aliphatic hydroxyl groups excluding tert-OH is 1. The van der Waals surface area contributed by atoms with Crippen molar-refractivity contribution in [2.75, 3.05) is 20.3 Å². The summed E-state index contributed by atoms with van der Waals surface area (Å²) in [5.41, 5.74) is 1.44. The van der Waals surface area contributed by atoms with E-state index in [-0.39, 0.29) is 48.0 Å². The van der Waals surface area contributed by atoms with E-state index in [9.17, 15) is 19.5 Å². The van der Waals surface area contributed by atoms with Gasteiger partial charge in [0.2, 0.25) is 0 Å². The summed E-state index contributed by atoms with van der Waals surface area (Å²) in [6, 6.07) is 6.05. The molecule has 3 aliphatic rings. The van der Waals surface area contributed by atoms with Crippen LogP contribution in [0.2, 0.25) is 0 Å². The normalized spacial score (nSPS) is 28.2. The Morgan fingerprint density at radius 1 is 1.27 bits per heavy atom. The minimum Gasteiger partial charge on any atom is -0.483 e. The number of fused-ring (bicyclic) bond motifs is 1. The van der Waals surface area contributed by atoms with Crippen LogP contribution in [0.5, 0.6) is 0 Å². The topological polar surface area (TPSA) is 93.1 Å². The van der Waals surface area contributed by atoms with Crippen LogP contribution in [0.1, 0.15) is 47.6 Å². The quantitative estimate of drug-likeness (QED) is 0.566. The molecule has 1 N–H and O–H groups in total. The molecule has 0 saturated heterocycles. The van der Waals surface area contributed by atoms with Crippen LogP contribution >= 0.6 is 11.6 Å². The standard InChI is InChI=1S/C22H24ClNO6/c1-29-22(28)13-5-3-12(4-6-13)18-17-19(26)15-11-14(23)7-8-16(15)30-20(17)21(27)24(18)9-2-10-25/h3-6,14-16,18,25H,2,7-11H2,1H3. The van der Waals surface area contributed by atoms with Crippen molar-refractivity contribution in [2.24, 2.45) is 5.92 Å². The van der Waals surface area contributed by atoms with E-state index in [1.54, 1.807) is 29.2 Å². The molecule has 1 amide bonds. The number of carbonyl (C=O) groups is 3. The maximum absolute atomic E-state index is 13.5. The summed E-state index contributed by atoms with van der Waals surface area (Å²) in [6.07, 6.45) is 1.98. The lowest BCUT2D eigenvalue weighted by atomic mass is 9.77. The summed E-state index contributed by atoms with van der Waals surface area (Å²) in [4.78, 5) is 39.9. The predicted molar refractivity (Wildman–Crippen MR) is 108 cm³/mol. The number of benzene rings is 1. The van der Waals surface area contributed by atoms with Crippen LogP contribution in [0.15, 0.2) is 35.6 Å². The second kappa shape index (κ2) is 8.40. The molecule has 1 fully saturated rings. The predicted octanol–water partition coefficient (Wildman–Crippen LogP) is 2.37. The van der Waals surface area contributed by atoms with E-state index in [0.29, 0.717) is 36.0 Å². The molecule has 7 nitrogen and oxygen atoms in total. The van der Waals surface area contributed by atoms with Crippen LogP contribution in [0.25, 0.3) is 0 Å². The van der Waals surface area contributed by atoms with Gasteiger partial charge >= 0.3 is 5.97 Å². The van der Waals surface area contributed by atoms with Gasteiger partial charge in [0, 0.05) is 18.5 Å². The monoisotopic (exact) mass is 433 g/mol. The van der Waals surface area contributed by atoms with Crippen molar-refractivity contribution in [1.82, 2.24) is 4.90 Å². The smallest absolute Gasteiger partial charge is 0.337 e. The number of esters is 1. The number of halogens is 1. The fourth-order valence-electron chi connectivity index (χ4n) is 4.60. The number of methoxy groups -OCH3 is 1. The summed E-state index contributed by atoms with van der Waals surface area (Å²) < 4.78 is 10.8.